The standard InChI is InChI=1S/C10H15ClN4/c1-2-3-15-10(13-7-14-15)8-4-9(11)6-12-5-8/h4,7,9,12H,2-3,5-6H2,1H3. The van der Waals surface area contributed by atoms with Gasteiger partial charge in [-0.15, -0.1) is 11.6 Å². The minimum Gasteiger partial charge on any atom is -0.311 e. The van der Waals surface area contributed by atoms with Gasteiger partial charge < -0.3 is 5.32 Å². The summed E-state index contributed by atoms with van der Waals surface area (Å²) < 4.78 is 1.93. The van der Waals surface area contributed by atoms with Crippen LogP contribution in [-0.2, 0) is 6.54 Å². The predicted molar refractivity (Wildman–Crippen MR) is 60.8 cm³/mol. The summed E-state index contributed by atoms with van der Waals surface area (Å²) in [7, 11) is 0. The van der Waals surface area contributed by atoms with E-state index in [-0.39, 0.29) is 5.38 Å². The monoisotopic (exact) mass is 226 g/mol. The van der Waals surface area contributed by atoms with E-state index in [0.29, 0.717) is 0 Å². The number of halogens is 1. The van der Waals surface area contributed by atoms with Gasteiger partial charge in [0.15, 0.2) is 5.82 Å². The number of alkyl halides is 1. The second-order valence-electron chi connectivity index (χ2n) is 3.65. The molecule has 2 rings (SSSR count). The second kappa shape index (κ2) is 4.77. The maximum absolute atomic E-state index is 6.06. The van der Waals surface area contributed by atoms with Crippen LogP contribution in [0, 0.1) is 0 Å². The average molecular weight is 227 g/mol. The Hall–Kier alpha value is -0.870. The number of aromatic nitrogens is 3. The summed E-state index contributed by atoms with van der Waals surface area (Å²) in [5, 5.41) is 7.52. The van der Waals surface area contributed by atoms with Gasteiger partial charge in [0.05, 0.1) is 5.38 Å². The first-order valence-electron chi connectivity index (χ1n) is 5.25. The highest BCUT2D eigenvalue weighted by atomic mass is 35.5. The second-order valence-corrected chi connectivity index (χ2v) is 4.21. The molecule has 0 aliphatic carbocycles. The van der Waals surface area contributed by atoms with Crippen LogP contribution in [-0.4, -0.2) is 33.2 Å². The van der Waals surface area contributed by atoms with Crippen molar-refractivity contribution in [3.05, 3.63) is 18.2 Å². The first-order valence-corrected chi connectivity index (χ1v) is 5.68. The van der Waals surface area contributed by atoms with Crippen LogP contribution in [0.4, 0.5) is 0 Å². The largest absolute Gasteiger partial charge is 0.311 e. The first kappa shape index (κ1) is 10.6. The van der Waals surface area contributed by atoms with Gasteiger partial charge in [-0.3, -0.25) is 0 Å². The molecule has 2 heterocycles. The van der Waals surface area contributed by atoms with Crippen molar-refractivity contribution in [1.29, 1.82) is 0 Å². The molecule has 82 valence electrons. The van der Waals surface area contributed by atoms with Crippen molar-refractivity contribution in [2.45, 2.75) is 25.3 Å². The van der Waals surface area contributed by atoms with Crippen molar-refractivity contribution in [3.63, 3.8) is 0 Å². The van der Waals surface area contributed by atoms with E-state index in [1.165, 1.54) is 0 Å². The zero-order chi connectivity index (χ0) is 10.7. The molecule has 1 N–H and O–H groups in total. The van der Waals surface area contributed by atoms with Gasteiger partial charge in [0.1, 0.15) is 6.33 Å². The van der Waals surface area contributed by atoms with E-state index in [1.54, 1.807) is 6.33 Å². The molecule has 0 saturated heterocycles. The van der Waals surface area contributed by atoms with E-state index in [2.05, 4.69) is 28.4 Å². The van der Waals surface area contributed by atoms with Gasteiger partial charge in [-0.25, -0.2) is 9.67 Å². The van der Waals surface area contributed by atoms with Gasteiger partial charge in [0.25, 0.3) is 0 Å². The Morgan fingerprint density at radius 2 is 2.53 bits per heavy atom. The summed E-state index contributed by atoms with van der Waals surface area (Å²) in [5.74, 6) is 0.940. The summed E-state index contributed by atoms with van der Waals surface area (Å²) in [4.78, 5) is 4.28. The summed E-state index contributed by atoms with van der Waals surface area (Å²) >= 11 is 6.06. The highest BCUT2D eigenvalue weighted by Crippen LogP contribution is 2.16. The number of aryl methyl sites for hydroxylation is 1. The van der Waals surface area contributed by atoms with Crippen molar-refractivity contribution in [1.82, 2.24) is 20.1 Å². The Morgan fingerprint density at radius 3 is 3.27 bits per heavy atom. The lowest BCUT2D eigenvalue weighted by Crippen LogP contribution is -2.29. The lowest BCUT2D eigenvalue weighted by atomic mass is 10.1. The van der Waals surface area contributed by atoms with E-state index in [0.717, 1.165) is 37.5 Å². The Morgan fingerprint density at radius 1 is 1.67 bits per heavy atom. The molecule has 1 aliphatic rings. The molecule has 0 spiro atoms. The highest BCUT2D eigenvalue weighted by molar-refractivity contribution is 6.22. The molecule has 1 aromatic heterocycles. The molecule has 0 saturated carbocycles. The first-order chi connectivity index (χ1) is 7.31. The van der Waals surface area contributed by atoms with Crippen LogP contribution >= 0.6 is 11.6 Å². The molecule has 5 heteroatoms. The van der Waals surface area contributed by atoms with Crippen LogP contribution in [0.1, 0.15) is 19.2 Å². The third-order valence-electron chi connectivity index (χ3n) is 2.37. The average Bonchev–Trinajstić information content (AvgIpc) is 2.66. The quantitative estimate of drug-likeness (QED) is 0.790. The Bertz CT molecular complexity index is 358. The zero-order valence-electron chi connectivity index (χ0n) is 8.78. The van der Waals surface area contributed by atoms with E-state index in [4.69, 9.17) is 11.6 Å². The molecule has 0 aromatic carbocycles. The van der Waals surface area contributed by atoms with E-state index >= 15 is 0 Å². The number of hydrogen-bond donors (Lipinski definition) is 1. The molecule has 15 heavy (non-hydrogen) atoms. The summed E-state index contributed by atoms with van der Waals surface area (Å²) in [6.45, 7) is 4.68. The number of hydrogen-bond acceptors (Lipinski definition) is 3. The van der Waals surface area contributed by atoms with Crippen molar-refractivity contribution in [2.75, 3.05) is 13.1 Å². The SMILES string of the molecule is CCCn1ncnc1C1=CC(Cl)CNC1. The summed E-state index contributed by atoms with van der Waals surface area (Å²) in [6, 6.07) is 0. The molecule has 1 unspecified atom stereocenters. The lowest BCUT2D eigenvalue weighted by Gasteiger charge is -2.17. The van der Waals surface area contributed by atoms with E-state index in [1.807, 2.05) is 4.68 Å². The van der Waals surface area contributed by atoms with Crippen LogP contribution in [0.3, 0.4) is 0 Å². The fourth-order valence-corrected chi connectivity index (χ4v) is 1.98. The fourth-order valence-electron chi connectivity index (χ4n) is 1.72. The number of nitrogens with zero attached hydrogens (tertiary/aromatic N) is 3. The molecule has 0 bridgehead atoms. The summed E-state index contributed by atoms with van der Waals surface area (Å²) in [5.41, 5.74) is 1.15. The normalized spacial score (nSPS) is 21.5. The topological polar surface area (TPSA) is 42.7 Å². The number of rotatable bonds is 3. The van der Waals surface area contributed by atoms with Gasteiger partial charge in [-0.05, 0) is 6.42 Å². The van der Waals surface area contributed by atoms with Crippen LogP contribution in [0.5, 0.6) is 0 Å². The van der Waals surface area contributed by atoms with Crippen molar-refractivity contribution in [3.8, 4) is 0 Å². The Labute approximate surface area is 94.3 Å². The maximum Gasteiger partial charge on any atom is 0.154 e. The smallest absolute Gasteiger partial charge is 0.154 e. The predicted octanol–water partition coefficient (Wildman–Crippen LogP) is 1.28. The van der Waals surface area contributed by atoms with Crippen LogP contribution in [0.2, 0.25) is 0 Å². The molecule has 4 nitrogen and oxygen atoms in total. The minimum atomic E-state index is 0.0560. The lowest BCUT2D eigenvalue weighted by molar-refractivity contribution is 0.589. The molecule has 0 fully saturated rings. The van der Waals surface area contributed by atoms with Crippen LogP contribution in [0.15, 0.2) is 12.4 Å². The molecular weight excluding hydrogens is 212 g/mol. The van der Waals surface area contributed by atoms with Crippen molar-refractivity contribution < 1.29 is 0 Å². The van der Waals surface area contributed by atoms with Crippen LogP contribution in [0.25, 0.3) is 5.57 Å². The fraction of sp³-hybridized carbons (Fsp3) is 0.600. The summed E-state index contributed by atoms with van der Waals surface area (Å²) in [6.07, 6.45) is 4.72. The van der Waals surface area contributed by atoms with E-state index in [9.17, 15) is 0 Å². The Kier molecular flexibility index (Phi) is 3.38. The molecule has 1 atom stereocenters. The number of nitrogens with one attached hydrogen (secondary N) is 1. The van der Waals surface area contributed by atoms with Crippen LogP contribution < -0.4 is 5.32 Å². The molecule has 0 amide bonds. The Balaban J connectivity index is 2.24. The molecule has 1 aromatic rings. The van der Waals surface area contributed by atoms with E-state index < -0.39 is 0 Å². The van der Waals surface area contributed by atoms with Gasteiger partial charge in [-0.2, -0.15) is 5.10 Å². The maximum atomic E-state index is 6.06. The van der Waals surface area contributed by atoms with Gasteiger partial charge in [0, 0.05) is 25.2 Å². The molecule has 0 radical (unpaired) electrons. The third-order valence-corrected chi connectivity index (χ3v) is 2.66. The highest BCUT2D eigenvalue weighted by Gasteiger charge is 2.15. The van der Waals surface area contributed by atoms with Gasteiger partial charge >= 0.3 is 0 Å². The van der Waals surface area contributed by atoms with Crippen molar-refractivity contribution >= 4 is 17.2 Å². The minimum absolute atomic E-state index is 0.0560. The molecule has 1 aliphatic heterocycles. The van der Waals surface area contributed by atoms with Gasteiger partial charge in [-0.1, -0.05) is 13.0 Å². The zero-order valence-corrected chi connectivity index (χ0v) is 9.54. The third kappa shape index (κ3) is 2.38. The van der Waals surface area contributed by atoms with Crippen molar-refractivity contribution in [2.24, 2.45) is 0 Å². The van der Waals surface area contributed by atoms with Gasteiger partial charge in [0.2, 0.25) is 0 Å². The molecular formula is C10H15ClN4.